The number of aromatic hydroxyl groups is 1. The Morgan fingerprint density at radius 1 is 1.26 bits per heavy atom. The third-order valence-electron chi connectivity index (χ3n) is 3.07. The number of nitrogens with one attached hydrogen (secondary N) is 1. The molecule has 2 heterocycles. The highest BCUT2D eigenvalue weighted by Gasteiger charge is 2.16. The van der Waals surface area contributed by atoms with Crippen molar-refractivity contribution in [3.8, 4) is 5.75 Å². The zero-order valence-corrected chi connectivity index (χ0v) is 9.93. The number of H-pyrrole nitrogens is 1. The summed E-state index contributed by atoms with van der Waals surface area (Å²) in [6.45, 7) is 0.417. The molecule has 0 unspecified atom stereocenters. The van der Waals surface area contributed by atoms with Gasteiger partial charge in [0.1, 0.15) is 11.6 Å². The van der Waals surface area contributed by atoms with Crippen molar-refractivity contribution in [2.45, 2.75) is 6.54 Å². The first kappa shape index (κ1) is 11.5. The van der Waals surface area contributed by atoms with E-state index in [0.29, 0.717) is 17.8 Å². The van der Waals surface area contributed by atoms with E-state index >= 15 is 0 Å². The molecule has 0 radical (unpaired) electrons. The number of aromatic nitrogens is 1. The van der Waals surface area contributed by atoms with E-state index in [9.17, 15) is 14.3 Å². The van der Waals surface area contributed by atoms with Gasteiger partial charge in [-0.2, -0.15) is 0 Å². The number of anilines is 1. The van der Waals surface area contributed by atoms with Crippen LogP contribution in [0.25, 0.3) is 6.08 Å². The molecule has 1 aromatic carbocycles. The van der Waals surface area contributed by atoms with Crippen LogP contribution in [-0.4, -0.2) is 10.1 Å². The van der Waals surface area contributed by atoms with Crippen molar-refractivity contribution in [3.05, 3.63) is 64.0 Å². The lowest BCUT2D eigenvalue weighted by Gasteiger charge is -2.25. The molecule has 5 heteroatoms. The summed E-state index contributed by atoms with van der Waals surface area (Å²) in [4.78, 5) is 15.8. The number of halogens is 1. The van der Waals surface area contributed by atoms with Gasteiger partial charge in [0.25, 0.3) is 5.56 Å². The van der Waals surface area contributed by atoms with Gasteiger partial charge in [-0.1, -0.05) is 0 Å². The number of fused-ring (bicyclic) bond motifs is 1. The van der Waals surface area contributed by atoms with Crippen LogP contribution < -0.4 is 10.5 Å². The van der Waals surface area contributed by atoms with E-state index in [1.165, 1.54) is 12.1 Å². The lowest BCUT2D eigenvalue weighted by Crippen LogP contribution is -2.21. The predicted octanol–water partition coefficient (Wildman–Crippen LogP) is 2.21. The van der Waals surface area contributed by atoms with E-state index in [1.54, 1.807) is 24.4 Å². The molecule has 96 valence electrons. The van der Waals surface area contributed by atoms with Crippen LogP contribution in [0, 0.1) is 5.82 Å². The second kappa shape index (κ2) is 4.28. The number of pyridine rings is 1. The normalized spacial score (nSPS) is 13.4. The maximum atomic E-state index is 12.9. The molecule has 0 spiro atoms. The zero-order chi connectivity index (χ0) is 13.4. The van der Waals surface area contributed by atoms with Crippen molar-refractivity contribution < 1.29 is 9.50 Å². The van der Waals surface area contributed by atoms with Crippen LogP contribution in [-0.2, 0) is 6.54 Å². The molecule has 19 heavy (non-hydrogen) atoms. The third kappa shape index (κ3) is 2.10. The quantitative estimate of drug-likeness (QED) is 0.824. The number of aromatic amines is 1. The molecule has 1 aliphatic heterocycles. The summed E-state index contributed by atoms with van der Waals surface area (Å²) in [5.74, 6) is -0.326. The molecule has 0 amide bonds. The van der Waals surface area contributed by atoms with Crippen molar-refractivity contribution in [1.29, 1.82) is 0 Å². The van der Waals surface area contributed by atoms with Gasteiger partial charge in [0, 0.05) is 23.5 Å². The highest BCUT2D eigenvalue weighted by molar-refractivity contribution is 5.64. The first-order chi connectivity index (χ1) is 9.13. The highest BCUT2D eigenvalue weighted by atomic mass is 19.1. The van der Waals surface area contributed by atoms with Gasteiger partial charge in [0.15, 0.2) is 0 Å². The van der Waals surface area contributed by atoms with Crippen molar-refractivity contribution in [3.63, 3.8) is 0 Å². The molecule has 0 atom stereocenters. The second-order valence-corrected chi connectivity index (χ2v) is 4.33. The maximum Gasteiger partial charge on any atom is 0.252 e. The van der Waals surface area contributed by atoms with E-state index in [4.69, 9.17) is 0 Å². The smallest absolute Gasteiger partial charge is 0.252 e. The van der Waals surface area contributed by atoms with Crippen LogP contribution in [0.15, 0.2) is 41.3 Å². The molecule has 2 N–H and O–H groups in total. The molecule has 1 aromatic heterocycles. The molecular formula is C14H11FN2O2. The molecule has 0 aliphatic carbocycles. The standard InChI is InChI=1S/C14H11FN2O2/c15-9-1-3-10(4-2-9)17-6-5-12-11(8-17)13(18)7-14(19)16-12/h1-7H,8H2,(H2,16,18,19). The van der Waals surface area contributed by atoms with Crippen LogP contribution in [0.2, 0.25) is 0 Å². The van der Waals surface area contributed by atoms with Crippen LogP contribution in [0.1, 0.15) is 11.3 Å². The summed E-state index contributed by atoms with van der Waals surface area (Å²) in [7, 11) is 0. The van der Waals surface area contributed by atoms with Gasteiger partial charge in [-0.3, -0.25) is 4.79 Å². The van der Waals surface area contributed by atoms with Crippen molar-refractivity contribution >= 4 is 11.8 Å². The van der Waals surface area contributed by atoms with Gasteiger partial charge >= 0.3 is 0 Å². The minimum Gasteiger partial charge on any atom is -0.507 e. The SMILES string of the molecule is O=c1cc(O)c2c([nH]1)C=CN(c1ccc(F)cc1)C2. The Morgan fingerprint density at radius 2 is 2.00 bits per heavy atom. The topological polar surface area (TPSA) is 56.3 Å². The fraction of sp³-hybridized carbons (Fsp3) is 0.0714. The van der Waals surface area contributed by atoms with Gasteiger partial charge in [0.05, 0.1) is 12.2 Å². The average Bonchev–Trinajstić information content (AvgIpc) is 2.39. The Kier molecular flexibility index (Phi) is 2.59. The number of hydrogen-bond acceptors (Lipinski definition) is 3. The number of nitrogens with zero attached hydrogens (tertiary/aromatic N) is 1. The Bertz CT molecular complexity index is 704. The van der Waals surface area contributed by atoms with E-state index in [-0.39, 0.29) is 17.1 Å². The van der Waals surface area contributed by atoms with Crippen molar-refractivity contribution in [2.24, 2.45) is 0 Å². The zero-order valence-electron chi connectivity index (χ0n) is 9.93. The first-order valence-corrected chi connectivity index (χ1v) is 5.79. The second-order valence-electron chi connectivity index (χ2n) is 4.33. The van der Waals surface area contributed by atoms with Crippen LogP contribution >= 0.6 is 0 Å². The summed E-state index contributed by atoms with van der Waals surface area (Å²) in [5, 5.41) is 9.81. The van der Waals surface area contributed by atoms with Gasteiger partial charge in [-0.15, -0.1) is 0 Å². The molecule has 0 bridgehead atoms. The summed E-state index contributed by atoms with van der Waals surface area (Å²) in [5.41, 5.74) is 1.72. The summed E-state index contributed by atoms with van der Waals surface area (Å²) >= 11 is 0. The lowest BCUT2D eigenvalue weighted by atomic mass is 10.1. The summed E-state index contributed by atoms with van der Waals surface area (Å²) in [6.07, 6.45) is 3.49. The van der Waals surface area contributed by atoms with Gasteiger partial charge < -0.3 is 15.0 Å². The van der Waals surface area contributed by atoms with E-state index in [0.717, 1.165) is 11.8 Å². The van der Waals surface area contributed by atoms with E-state index in [1.807, 2.05) is 4.90 Å². The Hall–Kier alpha value is -2.56. The molecular weight excluding hydrogens is 247 g/mol. The molecule has 4 nitrogen and oxygen atoms in total. The van der Waals surface area contributed by atoms with Crippen molar-refractivity contribution in [1.82, 2.24) is 4.98 Å². The fourth-order valence-electron chi connectivity index (χ4n) is 2.10. The largest absolute Gasteiger partial charge is 0.507 e. The molecule has 1 aliphatic rings. The fourth-order valence-corrected chi connectivity index (χ4v) is 2.10. The minimum atomic E-state index is -0.337. The van der Waals surface area contributed by atoms with Crippen LogP contribution in [0.3, 0.4) is 0 Å². The molecule has 3 rings (SSSR count). The predicted molar refractivity (Wildman–Crippen MR) is 70.3 cm³/mol. The Morgan fingerprint density at radius 3 is 2.74 bits per heavy atom. The van der Waals surface area contributed by atoms with Crippen LogP contribution in [0.5, 0.6) is 5.75 Å². The molecule has 0 saturated carbocycles. The Labute approximate surface area is 108 Å². The first-order valence-electron chi connectivity index (χ1n) is 5.79. The summed E-state index contributed by atoms with van der Waals surface area (Å²) in [6, 6.07) is 7.23. The maximum absolute atomic E-state index is 12.9. The van der Waals surface area contributed by atoms with E-state index < -0.39 is 0 Å². The highest BCUT2D eigenvalue weighted by Crippen LogP contribution is 2.28. The monoisotopic (exact) mass is 258 g/mol. The third-order valence-corrected chi connectivity index (χ3v) is 3.07. The lowest BCUT2D eigenvalue weighted by molar-refractivity contribution is 0.465. The Balaban J connectivity index is 1.99. The number of benzene rings is 1. The van der Waals surface area contributed by atoms with Crippen molar-refractivity contribution in [2.75, 3.05) is 4.90 Å². The molecule has 0 fully saturated rings. The van der Waals surface area contributed by atoms with Gasteiger partial charge in [-0.05, 0) is 30.3 Å². The minimum absolute atomic E-state index is 0.0322. The van der Waals surface area contributed by atoms with E-state index in [2.05, 4.69) is 4.98 Å². The average molecular weight is 258 g/mol. The molecule has 0 saturated heterocycles. The van der Waals surface area contributed by atoms with Gasteiger partial charge in [-0.25, -0.2) is 4.39 Å². The number of hydrogen-bond donors (Lipinski definition) is 2. The molecule has 2 aromatic rings. The van der Waals surface area contributed by atoms with Crippen LogP contribution in [0.4, 0.5) is 10.1 Å². The van der Waals surface area contributed by atoms with Gasteiger partial charge in [0.2, 0.25) is 0 Å². The number of rotatable bonds is 1. The summed E-state index contributed by atoms with van der Waals surface area (Å²) < 4.78 is 12.9.